The van der Waals surface area contributed by atoms with Gasteiger partial charge in [0.15, 0.2) is 0 Å². The van der Waals surface area contributed by atoms with Gasteiger partial charge in [-0.25, -0.2) is 0 Å². The lowest BCUT2D eigenvalue weighted by atomic mass is 10.1. The van der Waals surface area contributed by atoms with Gasteiger partial charge in [-0.2, -0.15) is 4.98 Å². The largest absolute Gasteiger partial charge is 0.339 e. The third kappa shape index (κ3) is 2.55. The third-order valence-corrected chi connectivity index (χ3v) is 3.05. The lowest BCUT2D eigenvalue weighted by Gasteiger charge is -1.98. The van der Waals surface area contributed by atoms with Crippen LogP contribution in [-0.2, 0) is 6.42 Å². The number of nitrogens with zero attached hydrogens (tertiary/aromatic N) is 2. The van der Waals surface area contributed by atoms with Gasteiger partial charge in [-0.1, -0.05) is 59.8 Å². The Morgan fingerprint density at radius 1 is 0.947 bits per heavy atom. The van der Waals surface area contributed by atoms with Crippen LogP contribution >= 0.6 is 0 Å². The van der Waals surface area contributed by atoms with Crippen LogP contribution in [-0.4, -0.2) is 10.1 Å². The second-order valence-electron chi connectivity index (χ2n) is 4.49. The first-order valence-corrected chi connectivity index (χ1v) is 6.25. The van der Waals surface area contributed by atoms with Crippen molar-refractivity contribution in [2.24, 2.45) is 0 Å². The van der Waals surface area contributed by atoms with Crippen LogP contribution < -0.4 is 0 Å². The van der Waals surface area contributed by atoms with Gasteiger partial charge in [0.05, 0.1) is 6.42 Å². The van der Waals surface area contributed by atoms with E-state index in [0.29, 0.717) is 18.1 Å². The lowest BCUT2D eigenvalue weighted by molar-refractivity contribution is 0.385. The first kappa shape index (κ1) is 11.7. The summed E-state index contributed by atoms with van der Waals surface area (Å²) in [6.45, 7) is 2.04. The predicted octanol–water partition coefficient (Wildman–Crippen LogP) is 3.64. The monoisotopic (exact) mass is 250 g/mol. The smallest absolute Gasteiger partial charge is 0.231 e. The van der Waals surface area contributed by atoms with E-state index in [2.05, 4.69) is 22.3 Å². The zero-order chi connectivity index (χ0) is 13.1. The predicted molar refractivity (Wildman–Crippen MR) is 73.7 cm³/mol. The number of hydrogen-bond acceptors (Lipinski definition) is 3. The molecule has 0 radical (unpaired) electrons. The minimum atomic E-state index is 0.643. The van der Waals surface area contributed by atoms with Crippen molar-refractivity contribution >= 4 is 0 Å². The molecule has 94 valence electrons. The van der Waals surface area contributed by atoms with Gasteiger partial charge in [0.25, 0.3) is 0 Å². The Labute approximate surface area is 111 Å². The molecule has 19 heavy (non-hydrogen) atoms. The average Bonchev–Trinajstić information content (AvgIpc) is 2.89. The summed E-state index contributed by atoms with van der Waals surface area (Å²) >= 11 is 0. The first-order chi connectivity index (χ1) is 9.33. The van der Waals surface area contributed by atoms with Gasteiger partial charge in [0, 0.05) is 5.56 Å². The van der Waals surface area contributed by atoms with Gasteiger partial charge in [0.2, 0.25) is 11.7 Å². The summed E-state index contributed by atoms with van der Waals surface area (Å²) in [6.07, 6.45) is 0.666. The van der Waals surface area contributed by atoms with E-state index in [0.717, 1.165) is 11.1 Å². The molecule has 0 fully saturated rings. The van der Waals surface area contributed by atoms with Crippen molar-refractivity contribution < 1.29 is 4.52 Å². The zero-order valence-electron chi connectivity index (χ0n) is 10.7. The van der Waals surface area contributed by atoms with E-state index < -0.39 is 0 Å². The molecule has 0 aliphatic rings. The molecule has 0 aliphatic heterocycles. The quantitative estimate of drug-likeness (QED) is 0.712. The summed E-state index contributed by atoms with van der Waals surface area (Å²) < 4.78 is 5.32. The average molecular weight is 250 g/mol. The molecule has 0 aliphatic carbocycles. The molecule has 2 aromatic carbocycles. The molecular weight excluding hydrogens is 236 g/mol. The molecule has 0 saturated carbocycles. The highest BCUT2D eigenvalue weighted by Crippen LogP contribution is 2.20. The van der Waals surface area contributed by atoms with E-state index in [1.165, 1.54) is 5.56 Å². The Morgan fingerprint density at radius 3 is 2.47 bits per heavy atom. The Kier molecular flexibility index (Phi) is 3.11. The van der Waals surface area contributed by atoms with Gasteiger partial charge in [-0.15, -0.1) is 0 Å². The van der Waals surface area contributed by atoms with E-state index in [-0.39, 0.29) is 0 Å². The number of aryl methyl sites for hydroxylation is 1. The number of hydrogen-bond donors (Lipinski definition) is 0. The van der Waals surface area contributed by atoms with Crippen LogP contribution in [0.25, 0.3) is 11.4 Å². The minimum Gasteiger partial charge on any atom is -0.339 e. The van der Waals surface area contributed by atoms with Gasteiger partial charge in [-0.3, -0.25) is 0 Å². The Bertz CT molecular complexity index is 674. The molecule has 0 amide bonds. The summed E-state index contributed by atoms with van der Waals surface area (Å²) in [5, 5.41) is 4.06. The van der Waals surface area contributed by atoms with Crippen LogP contribution in [0.4, 0.5) is 0 Å². The maximum atomic E-state index is 5.32. The molecule has 3 nitrogen and oxygen atoms in total. The van der Waals surface area contributed by atoms with Crippen LogP contribution in [0, 0.1) is 6.92 Å². The van der Waals surface area contributed by atoms with Gasteiger partial charge in [0.1, 0.15) is 0 Å². The standard InChI is InChI=1S/C16H14N2O/c1-12-7-5-6-10-14(12)16-17-15(19-18-16)11-13-8-3-2-4-9-13/h2-10H,11H2,1H3. The van der Waals surface area contributed by atoms with E-state index in [1.54, 1.807) is 0 Å². The van der Waals surface area contributed by atoms with Gasteiger partial charge in [-0.05, 0) is 18.1 Å². The highest BCUT2D eigenvalue weighted by Gasteiger charge is 2.10. The summed E-state index contributed by atoms with van der Waals surface area (Å²) in [6, 6.07) is 18.2. The van der Waals surface area contributed by atoms with Crippen molar-refractivity contribution in [2.75, 3.05) is 0 Å². The van der Waals surface area contributed by atoms with Crippen molar-refractivity contribution in [3.8, 4) is 11.4 Å². The number of aromatic nitrogens is 2. The number of rotatable bonds is 3. The molecule has 1 aromatic heterocycles. The summed E-state index contributed by atoms with van der Waals surface area (Å²) in [4.78, 5) is 4.46. The van der Waals surface area contributed by atoms with Crippen molar-refractivity contribution in [2.45, 2.75) is 13.3 Å². The molecular formula is C16H14N2O. The first-order valence-electron chi connectivity index (χ1n) is 6.25. The van der Waals surface area contributed by atoms with Crippen molar-refractivity contribution in [1.29, 1.82) is 0 Å². The third-order valence-electron chi connectivity index (χ3n) is 3.05. The summed E-state index contributed by atoms with van der Waals surface area (Å²) in [5.41, 5.74) is 3.34. The lowest BCUT2D eigenvalue weighted by Crippen LogP contribution is -1.88. The second-order valence-corrected chi connectivity index (χ2v) is 4.49. The van der Waals surface area contributed by atoms with Gasteiger partial charge < -0.3 is 4.52 Å². The topological polar surface area (TPSA) is 38.9 Å². The highest BCUT2D eigenvalue weighted by atomic mass is 16.5. The molecule has 0 N–H and O–H groups in total. The van der Waals surface area contributed by atoms with E-state index in [1.807, 2.05) is 49.4 Å². The molecule has 0 spiro atoms. The Balaban J connectivity index is 1.86. The van der Waals surface area contributed by atoms with Crippen LogP contribution in [0.1, 0.15) is 17.0 Å². The number of benzene rings is 2. The van der Waals surface area contributed by atoms with Crippen molar-refractivity contribution in [3.05, 3.63) is 71.6 Å². The van der Waals surface area contributed by atoms with E-state index >= 15 is 0 Å². The van der Waals surface area contributed by atoms with Crippen LogP contribution in [0.5, 0.6) is 0 Å². The molecule has 0 unspecified atom stereocenters. The molecule has 1 heterocycles. The fraction of sp³-hybridized carbons (Fsp3) is 0.125. The summed E-state index contributed by atoms with van der Waals surface area (Å²) in [5.74, 6) is 1.30. The molecule has 3 rings (SSSR count). The normalized spacial score (nSPS) is 10.6. The zero-order valence-corrected chi connectivity index (χ0v) is 10.7. The Hall–Kier alpha value is -2.42. The molecule has 0 bridgehead atoms. The van der Waals surface area contributed by atoms with Crippen LogP contribution in [0.2, 0.25) is 0 Å². The maximum absolute atomic E-state index is 5.32. The Morgan fingerprint density at radius 2 is 1.68 bits per heavy atom. The fourth-order valence-electron chi connectivity index (χ4n) is 2.03. The van der Waals surface area contributed by atoms with Crippen molar-refractivity contribution in [1.82, 2.24) is 10.1 Å². The molecule has 0 saturated heterocycles. The highest BCUT2D eigenvalue weighted by molar-refractivity contribution is 5.58. The minimum absolute atomic E-state index is 0.643. The maximum Gasteiger partial charge on any atom is 0.231 e. The SMILES string of the molecule is Cc1ccccc1-c1noc(Cc2ccccc2)n1. The van der Waals surface area contributed by atoms with Crippen molar-refractivity contribution in [3.63, 3.8) is 0 Å². The van der Waals surface area contributed by atoms with Gasteiger partial charge >= 0.3 is 0 Å². The molecule has 3 aromatic rings. The second kappa shape index (κ2) is 5.06. The van der Waals surface area contributed by atoms with E-state index in [9.17, 15) is 0 Å². The van der Waals surface area contributed by atoms with Crippen LogP contribution in [0.15, 0.2) is 59.1 Å². The fourth-order valence-corrected chi connectivity index (χ4v) is 2.03. The molecule has 0 atom stereocenters. The summed E-state index contributed by atoms with van der Waals surface area (Å²) in [7, 11) is 0. The molecule has 3 heteroatoms. The van der Waals surface area contributed by atoms with E-state index in [4.69, 9.17) is 4.52 Å². The van der Waals surface area contributed by atoms with Crippen LogP contribution in [0.3, 0.4) is 0 Å².